The number of hydrogen-bond acceptors (Lipinski definition) is 5. The number of rotatable bonds is 4. The zero-order valence-electron chi connectivity index (χ0n) is 14.7. The average Bonchev–Trinajstić information content (AvgIpc) is 3.11. The first-order valence-corrected chi connectivity index (χ1v) is 8.48. The van der Waals surface area contributed by atoms with E-state index in [-0.39, 0.29) is 12.6 Å². The van der Waals surface area contributed by atoms with Crippen LogP contribution in [0.2, 0.25) is 0 Å². The maximum atomic E-state index is 11.2. The van der Waals surface area contributed by atoms with Crippen LogP contribution in [-0.4, -0.2) is 25.7 Å². The van der Waals surface area contributed by atoms with E-state index in [9.17, 15) is 9.90 Å². The predicted molar refractivity (Wildman–Crippen MR) is 101 cm³/mol. The highest BCUT2D eigenvalue weighted by Crippen LogP contribution is 2.25. The SMILES string of the molecule is CC(=O)Oc1cccc(-c2ccc3ncc(-c4cccc(CO)c4)n3n2)c1. The third-order valence-corrected chi connectivity index (χ3v) is 4.16. The molecule has 2 aromatic heterocycles. The van der Waals surface area contributed by atoms with Crippen molar-refractivity contribution in [2.45, 2.75) is 13.5 Å². The van der Waals surface area contributed by atoms with E-state index in [4.69, 9.17) is 9.84 Å². The van der Waals surface area contributed by atoms with Crippen molar-refractivity contribution in [3.8, 4) is 28.3 Å². The Morgan fingerprint density at radius 1 is 1.07 bits per heavy atom. The van der Waals surface area contributed by atoms with Gasteiger partial charge < -0.3 is 9.84 Å². The molecule has 0 bridgehead atoms. The van der Waals surface area contributed by atoms with E-state index in [1.54, 1.807) is 22.8 Å². The molecule has 1 N–H and O–H groups in total. The number of ether oxygens (including phenoxy) is 1. The second-order valence-corrected chi connectivity index (χ2v) is 6.11. The van der Waals surface area contributed by atoms with Gasteiger partial charge in [0.2, 0.25) is 0 Å². The third-order valence-electron chi connectivity index (χ3n) is 4.16. The second-order valence-electron chi connectivity index (χ2n) is 6.11. The predicted octanol–water partition coefficient (Wildman–Crippen LogP) is 3.48. The lowest BCUT2D eigenvalue weighted by Crippen LogP contribution is -2.01. The van der Waals surface area contributed by atoms with Crippen molar-refractivity contribution in [1.82, 2.24) is 14.6 Å². The molecule has 134 valence electrons. The number of fused-ring (bicyclic) bond motifs is 1. The van der Waals surface area contributed by atoms with Crippen LogP contribution in [-0.2, 0) is 11.4 Å². The minimum atomic E-state index is -0.365. The first-order valence-electron chi connectivity index (χ1n) is 8.48. The van der Waals surface area contributed by atoms with E-state index >= 15 is 0 Å². The van der Waals surface area contributed by atoms with E-state index in [2.05, 4.69) is 4.98 Å². The molecule has 0 aliphatic rings. The van der Waals surface area contributed by atoms with Gasteiger partial charge in [-0.2, -0.15) is 5.10 Å². The Hall–Kier alpha value is -3.51. The molecule has 4 rings (SSSR count). The van der Waals surface area contributed by atoms with Gasteiger partial charge >= 0.3 is 5.97 Å². The number of benzene rings is 2. The standard InChI is InChI=1S/C21H17N3O3/c1-14(26)27-18-7-3-5-16(11-18)19-8-9-21-22-12-20(24(21)23-19)17-6-2-4-15(10-17)13-25/h2-12,25H,13H2,1H3. The summed E-state index contributed by atoms with van der Waals surface area (Å²) in [5.41, 5.74) is 4.87. The summed E-state index contributed by atoms with van der Waals surface area (Å²) >= 11 is 0. The molecule has 0 spiro atoms. The molecule has 4 aromatic rings. The van der Waals surface area contributed by atoms with Crippen LogP contribution in [0.5, 0.6) is 5.75 Å². The number of nitrogens with zero attached hydrogens (tertiary/aromatic N) is 3. The zero-order valence-corrected chi connectivity index (χ0v) is 14.7. The summed E-state index contributed by atoms with van der Waals surface area (Å²) in [6, 6.07) is 18.6. The fourth-order valence-electron chi connectivity index (χ4n) is 2.94. The summed E-state index contributed by atoms with van der Waals surface area (Å²) in [5, 5.41) is 14.1. The minimum Gasteiger partial charge on any atom is -0.427 e. The van der Waals surface area contributed by atoms with Crippen molar-refractivity contribution in [1.29, 1.82) is 0 Å². The number of aliphatic hydroxyl groups excluding tert-OH is 1. The van der Waals surface area contributed by atoms with Crippen LogP contribution >= 0.6 is 0 Å². The summed E-state index contributed by atoms with van der Waals surface area (Å²) in [7, 11) is 0. The van der Waals surface area contributed by atoms with E-state index in [1.807, 2.05) is 48.5 Å². The monoisotopic (exact) mass is 359 g/mol. The molecule has 0 unspecified atom stereocenters. The molecule has 0 saturated carbocycles. The molecule has 0 fully saturated rings. The molecule has 0 amide bonds. The Labute approximate surface area is 155 Å². The van der Waals surface area contributed by atoms with E-state index in [0.717, 1.165) is 33.7 Å². The van der Waals surface area contributed by atoms with Crippen molar-refractivity contribution < 1.29 is 14.6 Å². The Bertz CT molecular complexity index is 1130. The van der Waals surface area contributed by atoms with Crippen molar-refractivity contribution in [2.75, 3.05) is 0 Å². The highest BCUT2D eigenvalue weighted by Gasteiger charge is 2.10. The summed E-state index contributed by atoms with van der Waals surface area (Å²) in [4.78, 5) is 15.6. The van der Waals surface area contributed by atoms with Gasteiger partial charge in [-0.15, -0.1) is 0 Å². The quantitative estimate of drug-likeness (QED) is 0.446. The lowest BCUT2D eigenvalue weighted by atomic mass is 10.1. The number of aromatic nitrogens is 3. The maximum Gasteiger partial charge on any atom is 0.308 e. The third kappa shape index (κ3) is 3.43. The van der Waals surface area contributed by atoms with Crippen molar-refractivity contribution in [3.05, 3.63) is 72.4 Å². The first kappa shape index (κ1) is 16.9. The molecule has 0 aliphatic carbocycles. The van der Waals surface area contributed by atoms with Gasteiger partial charge in [0.15, 0.2) is 5.65 Å². The van der Waals surface area contributed by atoms with Crippen LogP contribution in [0, 0.1) is 0 Å². The van der Waals surface area contributed by atoms with Crippen LogP contribution in [0.1, 0.15) is 12.5 Å². The van der Waals surface area contributed by atoms with Crippen LogP contribution in [0.4, 0.5) is 0 Å². The molecule has 0 aliphatic heterocycles. The molecule has 0 radical (unpaired) electrons. The van der Waals surface area contributed by atoms with Gasteiger partial charge in [-0.3, -0.25) is 4.79 Å². The molecule has 0 atom stereocenters. The summed E-state index contributed by atoms with van der Waals surface area (Å²) in [6.45, 7) is 1.35. The van der Waals surface area contributed by atoms with Crippen LogP contribution in [0.15, 0.2) is 66.9 Å². The van der Waals surface area contributed by atoms with Gasteiger partial charge in [-0.05, 0) is 35.9 Å². The molecular formula is C21H17N3O3. The fourth-order valence-corrected chi connectivity index (χ4v) is 2.94. The topological polar surface area (TPSA) is 76.7 Å². The molecule has 6 heteroatoms. The number of aliphatic hydroxyl groups is 1. The molecule has 6 nitrogen and oxygen atoms in total. The number of carbonyl (C=O) groups is 1. The Kier molecular flexibility index (Phi) is 4.40. The Morgan fingerprint density at radius 2 is 1.89 bits per heavy atom. The summed E-state index contributed by atoms with van der Waals surface area (Å²) in [6.07, 6.45) is 1.76. The lowest BCUT2D eigenvalue weighted by molar-refractivity contribution is -0.131. The van der Waals surface area contributed by atoms with E-state index in [0.29, 0.717) is 5.75 Å². The van der Waals surface area contributed by atoms with Crippen LogP contribution < -0.4 is 4.74 Å². The number of esters is 1. The smallest absolute Gasteiger partial charge is 0.308 e. The van der Waals surface area contributed by atoms with E-state index in [1.165, 1.54) is 6.92 Å². The number of hydrogen-bond donors (Lipinski definition) is 1. The first-order chi connectivity index (χ1) is 13.1. The number of carbonyl (C=O) groups excluding carboxylic acids is 1. The van der Waals surface area contributed by atoms with Gasteiger partial charge in [0.1, 0.15) is 5.75 Å². The van der Waals surface area contributed by atoms with Crippen LogP contribution in [0.25, 0.3) is 28.2 Å². The van der Waals surface area contributed by atoms with Gasteiger partial charge in [0.05, 0.1) is 24.2 Å². The van der Waals surface area contributed by atoms with Gasteiger partial charge in [-0.1, -0.05) is 30.3 Å². The van der Waals surface area contributed by atoms with Crippen molar-refractivity contribution in [3.63, 3.8) is 0 Å². The van der Waals surface area contributed by atoms with Crippen LogP contribution in [0.3, 0.4) is 0 Å². The molecule has 2 aromatic carbocycles. The number of imidazole rings is 1. The van der Waals surface area contributed by atoms with Gasteiger partial charge in [-0.25, -0.2) is 9.50 Å². The summed E-state index contributed by atoms with van der Waals surface area (Å²) < 4.78 is 6.93. The lowest BCUT2D eigenvalue weighted by Gasteiger charge is -2.07. The second kappa shape index (κ2) is 7.01. The average molecular weight is 359 g/mol. The maximum absolute atomic E-state index is 11.2. The Balaban J connectivity index is 1.79. The van der Waals surface area contributed by atoms with Gasteiger partial charge in [0.25, 0.3) is 0 Å². The highest BCUT2D eigenvalue weighted by atomic mass is 16.5. The molecule has 27 heavy (non-hydrogen) atoms. The minimum absolute atomic E-state index is 0.0216. The molecule has 2 heterocycles. The van der Waals surface area contributed by atoms with Crippen molar-refractivity contribution >= 4 is 11.6 Å². The largest absolute Gasteiger partial charge is 0.427 e. The van der Waals surface area contributed by atoms with Crippen molar-refractivity contribution in [2.24, 2.45) is 0 Å². The zero-order chi connectivity index (χ0) is 18.8. The fraction of sp³-hybridized carbons (Fsp3) is 0.0952. The summed E-state index contributed by atoms with van der Waals surface area (Å²) in [5.74, 6) is 0.111. The normalized spacial score (nSPS) is 10.9. The van der Waals surface area contributed by atoms with E-state index < -0.39 is 0 Å². The highest BCUT2D eigenvalue weighted by molar-refractivity contribution is 5.71. The van der Waals surface area contributed by atoms with Gasteiger partial charge in [0, 0.05) is 18.1 Å². The molecular weight excluding hydrogens is 342 g/mol. The Morgan fingerprint density at radius 3 is 2.70 bits per heavy atom. The molecule has 0 saturated heterocycles.